The van der Waals surface area contributed by atoms with Crippen molar-refractivity contribution in [1.82, 2.24) is 15.3 Å². The van der Waals surface area contributed by atoms with Gasteiger partial charge in [0.25, 0.3) is 18.0 Å². The van der Waals surface area contributed by atoms with E-state index in [-0.39, 0.29) is 47.2 Å². The number of pyridine rings is 2. The zero-order chi connectivity index (χ0) is 30.5. The van der Waals surface area contributed by atoms with E-state index in [4.69, 9.17) is 11.6 Å². The van der Waals surface area contributed by atoms with Crippen molar-refractivity contribution in [1.29, 1.82) is 0 Å². The SMILES string of the molecule is O=C(NC1CCC(CN2C(=O)C3(CN(c4cnccc4[N+](=O)[O-])C3)c3ccc(F)cc32)CC1)c1cc(Cl)cnc1C(F)F. The maximum absolute atomic E-state index is 14.4. The van der Waals surface area contributed by atoms with Crippen molar-refractivity contribution in [3.05, 3.63) is 86.7 Å². The Bertz CT molecular complexity index is 1610. The Morgan fingerprint density at radius 3 is 2.58 bits per heavy atom. The number of alkyl halides is 2. The molecule has 4 heterocycles. The number of hydrogen-bond donors (Lipinski definition) is 1. The number of rotatable bonds is 7. The van der Waals surface area contributed by atoms with Crippen LogP contribution in [0.3, 0.4) is 0 Å². The van der Waals surface area contributed by atoms with Gasteiger partial charge in [0.15, 0.2) is 0 Å². The van der Waals surface area contributed by atoms with E-state index in [0.717, 1.165) is 6.20 Å². The van der Waals surface area contributed by atoms with E-state index < -0.39 is 34.2 Å². The first kappa shape index (κ1) is 28.8. The van der Waals surface area contributed by atoms with Crippen LogP contribution in [0.1, 0.15) is 53.7 Å². The number of carbonyl (C=O) groups is 2. The van der Waals surface area contributed by atoms with Crippen LogP contribution in [0.25, 0.3) is 0 Å². The maximum atomic E-state index is 14.4. The number of anilines is 2. The molecule has 2 aromatic heterocycles. The van der Waals surface area contributed by atoms with Crippen LogP contribution < -0.4 is 15.1 Å². The largest absolute Gasteiger partial charge is 0.362 e. The molecule has 0 radical (unpaired) electrons. The molecule has 224 valence electrons. The lowest BCUT2D eigenvalue weighted by Gasteiger charge is -2.47. The van der Waals surface area contributed by atoms with Crippen LogP contribution in [0.5, 0.6) is 0 Å². The minimum atomic E-state index is -2.93. The van der Waals surface area contributed by atoms with Crippen molar-refractivity contribution in [3.8, 4) is 0 Å². The predicted octanol–water partition coefficient (Wildman–Crippen LogP) is 5.21. The molecule has 1 saturated carbocycles. The van der Waals surface area contributed by atoms with Gasteiger partial charge < -0.3 is 15.1 Å². The molecule has 0 atom stereocenters. The van der Waals surface area contributed by atoms with Crippen molar-refractivity contribution in [2.45, 2.75) is 43.6 Å². The van der Waals surface area contributed by atoms with Gasteiger partial charge in [-0.25, -0.2) is 13.2 Å². The lowest BCUT2D eigenvalue weighted by molar-refractivity contribution is -0.384. The van der Waals surface area contributed by atoms with E-state index in [0.29, 0.717) is 49.2 Å². The number of carbonyl (C=O) groups excluding carboxylic acids is 2. The summed E-state index contributed by atoms with van der Waals surface area (Å²) in [7, 11) is 0. The number of nitrogens with one attached hydrogen (secondary N) is 1. The fourth-order valence-electron chi connectivity index (χ4n) is 6.47. The predicted molar refractivity (Wildman–Crippen MR) is 151 cm³/mol. The molecule has 0 bridgehead atoms. The highest BCUT2D eigenvalue weighted by atomic mass is 35.5. The zero-order valence-electron chi connectivity index (χ0n) is 22.7. The van der Waals surface area contributed by atoms with Gasteiger partial charge in [0.2, 0.25) is 5.91 Å². The first-order chi connectivity index (χ1) is 20.6. The van der Waals surface area contributed by atoms with Crippen LogP contribution in [0, 0.1) is 21.8 Å². The second-order valence-corrected chi connectivity index (χ2v) is 11.7. The Labute approximate surface area is 249 Å². The van der Waals surface area contributed by atoms with E-state index in [1.807, 2.05) is 0 Å². The summed E-state index contributed by atoms with van der Waals surface area (Å²) in [6.45, 7) is 0.745. The lowest BCUT2D eigenvalue weighted by Crippen LogP contribution is -2.64. The van der Waals surface area contributed by atoms with Gasteiger partial charge in [-0.3, -0.25) is 29.7 Å². The Morgan fingerprint density at radius 1 is 1.14 bits per heavy atom. The second-order valence-electron chi connectivity index (χ2n) is 11.2. The topological polar surface area (TPSA) is 122 Å². The molecule has 1 N–H and O–H groups in total. The fraction of sp³-hybridized carbons (Fsp3) is 0.379. The van der Waals surface area contributed by atoms with E-state index in [2.05, 4.69) is 15.3 Å². The Balaban J connectivity index is 1.13. The quantitative estimate of drug-likeness (QED) is 0.286. The number of nitro groups is 1. The molecular weight excluding hydrogens is 589 g/mol. The van der Waals surface area contributed by atoms with Gasteiger partial charge in [-0.1, -0.05) is 17.7 Å². The van der Waals surface area contributed by atoms with Crippen LogP contribution in [0.2, 0.25) is 5.02 Å². The summed E-state index contributed by atoms with van der Waals surface area (Å²) in [5.41, 5.74) is -0.444. The number of benzene rings is 1. The van der Waals surface area contributed by atoms with E-state index in [1.54, 1.807) is 15.9 Å². The van der Waals surface area contributed by atoms with Crippen LogP contribution >= 0.6 is 11.6 Å². The molecule has 6 rings (SSSR count). The number of aromatic nitrogens is 2. The summed E-state index contributed by atoms with van der Waals surface area (Å²) in [6.07, 6.45) is 3.32. The normalized spacial score (nSPS) is 20.7. The Morgan fingerprint density at radius 2 is 1.88 bits per heavy atom. The zero-order valence-corrected chi connectivity index (χ0v) is 23.4. The van der Waals surface area contributed by atoms with E-state index in [9.17, 15) is 32.9 Å². The number of amides is 2. The Hall–Kier alpha value is -4.26. The Kier molecular flexibility index (Phi) is 7.45. The van der Waals surface area contributed by atoms with Crippen LogP contribution in [-0.2, 0) is 10.2 Å². The summed E-state index contributed by atoms with van der Waals surface area (Å²) >= 11 is 5.88. The molecule has 10 nitrogen and oxygen atoms in total. The summed E-state index contributed by atoms with van der Waals surface area (Å²) in [5.74, 6) is -1.27. The summed E-state index contributed by atoms with van der Waals surface area (Å²) < 4.78 is 41.1. The van der Waals surface area contributed by atoms with Crippen LogP contribution in [-0.4, -0.2) is 52.4 Å². The molecule has 1 aromatic carbocycles. The molecule has 43 heavy (non-hydrogen) atoms. The highest BCUT2D eigenvalue weighted by Crippen LogP contribution is 2.50. The molecule has 2 aliphatic heterocycles. The third-order valence-corrected chi connectivity index (χ3v) is 8.82. The van der Waals surface area contributed by atoms with Gasteiger partial charge in [-0.05, 0) is 55.4 Å². The second kappa shape index (κ2) is 11.1. The third kappa shape index (κ3) is 5.15. The molecule has 2 amide bonds. The van der Waals surface area contributed by atoms with Gasteiger partial charge in [0.1, 0.15) is 22.6 Å². The highest BCUT2D eigenvalue weighted by Gasteiger charge is 2.59. The summed E-state index contributed by atoms with van der Waals surface area (Å²) in [6, 6.07) is 6.51. The molecule has 3 aliphatic rings. The van der Waals surface area contributed by atoms with Gasteiger partial charge in [-0.15, -0.1) is 0 Å². The molecule has 2 fully saturated rings. The smallest absolute Gasteiger partial charge is 0.295 e. The summed E-state index contributed by atoms with van der Waals surface area (Å²) in [4.78, 5) is 48.7. The maximum Gasteiger partial charge on any atom is 0.295 e. The summed E-state index contributed by atoms with van der Waals surface area (Å²) in [5, 5.41) is 14.4. The standard InChI is InChI=1S/C29H26ClF3N6O4/c30-17-9-20(25(26(32)33)35-11-17)27(40)36-19-4-1-16(2-5-19)13-38-23-10-18(31)3-6-21(23)29(28(38)41)14-37(15-29)24-12-34-8-7-22(24)39(42)43/h3,6-12,16,19,26H,1-2,4-5,13-15H2,(H,36,40). The van der Waals surface area contributed by atoms with Crippen molar-refractivity contribution < 1.29 is 27.7 Å². The van der Waals surface area contributed by atoms with Gasteiger partial charge in [0.05, 0.1) is 27.4 Å². The van der Waals surface area contributed by atoms with Gasteiger partial charge >= 0.3 is 0 Å². The lowest BCUT2D eigenvalue weighted by atomic mass is 9.74. The average Bonchev–Trinajstić information content (AvgIpc) is 3.19. The van der Waals surface area contributed by atoms with Crippen molar-refractivity contribution in [2.75, 3.05) is 29.4 Å². The minimum Gasteiger partial charge on any atom is -0.362 e. The number of fused-ring (bicyclic) bond motifs is 2. The van der Waals surface area contributed by atoms with E-state index >= 15 is 0 Å². The van der Waals surface area contributed by atoms with Crippen molar-refractivity contribution in [2.24, 2.45) is 5.92 Å². The molecule has 3 aromatic rings. The third-order valence-electron chi connectivity index (χ3n) is 8.62. The molecule has 14 heteroatoms. The minimum absolute atomic E-state index is 0.0587. The van der Waals surface area contributed by atoms with Gasteiger partial charge in [0, 0.05) is 44.1 Å². The van der Waals surface area contributed by atoms with Crippen molar-refractivity contribution in [3.63, 3.8) is 0 Å². The molecule has 0 unspecified atom stereocenters. The monoisotopic (exact) mass is 614 g/mol. The molecule has 1 saturated heterocycles. The average molecular weight is 615 g/mol. The van der Waals surface area contributed by atoms with Crippen LogP contribution in [0.4, 0.5) is 30.2 Å². The fourth-order valence-corrected chi connectivity index (χ4v) is 6.63. The molecule has 1 spiro atoms. The number of hydrogen-bond acceptors (Lipinski definition) is 7. The first-order valence-electron chi connectivity index (χ1n) is 13.8. The highest BCUT2D eigenvalue weighted by molar-refractivity contribution is 6.30. The van der Waals surface area contributed by atoms with Crippen molar-refractivity contribution >= 4 is 40.5 Å². The molecule has 1 aliphatic carbocycles. The number of nitrogens with zero attached hydrogens (tertiary/aromatic N) is 5. The number of halogens is 4. The first-order valence-corrected chi connectivity index (χ1v) is 14.1. The van der Waals surface area contributed by atoms with Crippen LogP contribution in [0.15, 0.2) is 48.9 Å². The van der Waals surface area contributed by atoms with E-state index in [1.165, 1.54) is 36.7 Å². The molecular formula is C29H26ClF3N6O4. The van der Waals surface area contributed by atoms with Gasteiger partial charge in [-0.2, -0.15) is 0 Å².